The van der Waals surface area contributed by atoms with Gasteiger partial charge in [-0.3, -0.25) is 13.9 Å². The van der Waals surface area contributed by atoms with Gasteiger partial charge in [-0.15, -0.1) is 0 Å². The number of methoxy groups -OCH3 is 2. The fourth-order valence-corrected chi connectivity index (χ4v) is 5.93. The van der Waals surface area contributed by atoms with Crippen molar-refractivity contribution in [3.63, 3.8) is 0 Å². The Balaban J connectivity index is 2.09. The minimum absolute atomic E-state index is 0.0905. The van der Waals surface area contributed by atoms with Crippen molar-refractivity contribution < 1.29 is 32.2 Å². The van der Waals surface area contributed by atoms with Crippen LogP contribution < -0.4 is 23.8 Å². The molecule has 2 amide bonds. The van der Waals surface area contributed by atoms with E-state index < -0.39 is 28.5 Å². The van der Waals surface area contributed by atoms with Crippen LogP contribution in [0.3, 0.4) is 0 Å². The van der Waals surface area contributed by atoms with Gasteiger partial charge in [0.1, 0.15) is 18.3 Å². The Kier molecular flexibility index (Phi) is 11.6. The van der Waals surface area contributed by atoms with Crippen LogP contribution in [0.25, 0.3) is 0 Å². The first-order chi connectivity index (χ1) is 20.2. The van der Waals surface area contributed by atoms with E-state index in [1.165, 1.54) is 37.3 Å². The highest BCUT2D eigenvalue weighted by Gasteiger charge is 2.34. The van der Waals surface area contributed by atoms with Crippen molar-refractivity contribution in [2.45, 2.75) is 44.7 Å². The number of benzene rings is 3. The highest BCUT2D eigenvalue weighted by atomic mass is 32.2. The van der Waals surface area contributed by atoms with E-state index in [0.717, 1.165) is 9.87 Å². The molecule has 3 aromatic rings. The first kappa shape index (κ1) is 32.3. The second-order valence-electron chi connectivity index (χ2n) is 9.28. The van der Waals surface area contributed by atoms with Crippen molar-refractivity contribution in [1.29, 1.82) is 0 Å². The van der Waals surface area contributed by atoms with Gasteiger partial charge in [-0.05, 0) is 62.2 Å². The maximum atomic E-state index is 14.2. The van der Waals surface area contributed by atoms with E-state index in [1.54, 1.807) is 31.2 Å². The van der Waals surface area contributed by atoms with Gasteiger partial charge in [0.25, 0.3) is 10.0 Å². The predicted molar refractivity (Wildman–Crippen MR) is 161 cm³/mol. The minimum atomic E-state index is -4.29. The lowest BCUT2D eigenvalue weighted by molar-refractivity contribution is -0.140. The van der Waals surface area contributed by atoms with Crippen molar-refractivity contribution in [3.8, 4) is 17.2 Å². The van der Waals surface area contributed by atoms with Crippen LogP contribution in [0.1, 0.15) is 32.8 Å². The fraction of sp³-hybridized carbons (Fsp3) is 0.355. The Labute approximate surface area is 248 Å². The molecule has 1 atom stereocenters. The molecular formula is C31H39N3O7S. The second kappa shape index (κ2) is 15.1. The van der Waals surface area contributed by atoms with Crippen LogP contribution >= 0.6 is 0 Å². The number of sulfonamides is 1. The number of anilines is 1. The molecule has 3 aromatic carbocycles. The predicted octanol–water partition coefficient (Wildman–Crippen LogP) is 4.24. The zero-order valence-electron chi connectivity index (χ0n) is 24.7. The standard InChI is InChI=1S/C31H39N3O7S/c1-6-27(31(36)32-7-2)33(21-23-12-10-9-11-13-23)30(35)22-34(24-14-16-25(17-15-24)41-8-3)42(37,38)26-18-19-28(39-4)29(20-26)40-5/h9-20,27H,6-8,21-22H2,1-5H3,(H,32,36)/t27-/m1/s1. The van der Waals surface area contributed by atoms with Crippen molar-refractivity contribution in [2.75, 3.05) is 38.2 Å². The Hall–Kier alpha value is -4.25. The maximum Gasteiger partial charge on any atom is 0.264 e. The van der Waals surface area contributed by atoms with E-state index >= 15 is 0 Å². The molecule has 0 radical (unpaired) electrons. The normalized spacial score (nSPS) is 11.7. The fourth-order valence-electron chi connectivity index (χ4n) is 4.50. The summed E-state index contributed by atoms with van der Waals surface area (Å²) in [6.45, 7) is 5.89. The molecule has 1 N–H and O–H groups in total. The van der Waals surface area contributed by atoms with Crippen LogP contribution in [-0.2, 0) is 26.2 Å². The SMILES string of the molecule is CCNC(=O)[C@@H](CC)N(Cc1ccccc1)C(=O)CN(c1ccc(OCC)cc1)S(=O)(=O)c1ccc(OC)c(OC)c1. The van der Waals surface area contributed by atoms with Crippen LogP contribution in [0.15, 0.2) is 77.7 Å². The first-order valence-electron chi connectivity index (χ1n) is 13.8. The van der Waals surface area contributed by atoms with Crippen molar-refractivity contribution in [3.05, 3.63) is 78.4 Å². The van der Waals surface area contributed by atoms with E-state index in [4.69, 9.17) is 14.2 Å². The van der Waals surface area contributed by atoms with Crippen molar-refractivity contribution >= 4 is 27.5 Å². The summed E-state index contributed by atoms with van der Waals surface area (Å²) >= 11 is 0. The van der Waals surface area contributed by atoms with Gasteiger partial charge in [0.05, 0.1) is 31.4 Å². The van der Waals surface area contributed by atoms with Gasteiger partial charge in [-0.1, -0.05) is 37.3 Å². The van der Waals surface area contributed by atoms with Crippen LogP contribution in [0.5, 0.6) is 17.2 Å². The smallest absolute Gasteiger partial charge is 0.264 e. The third-order valence-electron chi connectivity index (χ3n) is 6.59. The Morgan fingerprint density at radius 1 is 0.881 bits per heavy atom. The Morgan fingerprint density at radius 2 is 1.55 bits per heavy atom. The van der Waals surface area contributed by atoms with Gasteiger partial charge in [0, 0.05) is 19.2 Å². The van der Waals surface area contributed by atoms with Crippen LogP contribution in [0.2, 0.25) is 0 Å². The highest BCUT2D eigenvalue weighted by molar-refractivity contribution is 7.92. The molecule has 0 aliphatic heterocycles. The average molecular weight is 598 g/mol. The zero-order chi connectivity index (χ0) is 30.7. The summed E-state index contributed by atoms with van der Waals surface area (Å²) in [7, 11) is -1.42. The lowest BCUT2D eigenvalue weighted by Crippen LogP contribution is -2.52. The number of carbonyl (C=O) groups excluding carboxylic acids is 2. The third kappa shape index (κ3) is 7.73. The Bertz CT molecular complexity index is 1430. The summed E-state index contributed by atoms with van der Waals surface area (Å²) in [6.07, 6.45) is 0.343. The van der Waals surface area contributed by atoms with Crippen molar-refractivity contribution in [2.24, 2.45) is 0 Å². The number of hydrogen-bond donors (Lipinski definition) is 1. The van der Waals surface area contributed by atoms with E-state index in [9.17, 15) is 18.0 Å². The summed E-state index contributed by atoms with van der Waals surface area (Å²) in [5.74, 6) is 0.310. The van der Waals surface area contributed by atoms with Crippen molar-refractivity contribution in [1.82, 2.24) is 10.2 Å². The van der Waals surface area contributed by atoms with Gasteiger partial charge >= 0.3 is 0 Å². The molecule has 10 nitrogen and oxygen atoms in total. The molecule has 0 bridgehead atoms. The molecule has 11 heteroatoms. The zero-order valence-corrected chi connectivity index (χ0v) is 25.5. The van der Waals surface area contributed by atoms with Gasteiger partial charge in [-0.2, -0.15) is 0 Å². The lowest BCUT2D eigenvalue weighted by Gasteiger charge is -2.33. The molecule has 0 saturated carbocycles. The van der Waals surface area contributed by atoms with Gasteiger partial charge in [-0.25, -0.2) is 8.42 Å². The first-order valence-corrected chi connectivity index (χ1v) is 15.2. The third-order valence-corrected chi connectivity index (χ3v) is 8.36. The van der Waals surface area contributed by atoms with E-state index in [2.05, 4.69) is 5.32 Å². The molecule has 0 unspecified atom stereocenters. The topological polar surface area (TPSA) is 114 Å². The van der Waals surface area contributed by atoms with Gasteiger partial charge in [0.15, 0.2) is 11.5 Å². The molecule has 0 heterocycles. The minimum Gasteiger partial charge on any atom is -0.494 e. The molecule has 0 saturated heterocycles. The van der Waals surface area contributed by atoms with E-state index in [0.29, 0.717) is 31.1 Å². The molecule has 3 rings (SSSR count). The molecule has 42 heavy (non-hydrogen) atoms. The highest BCUT2D eigenvalue weighted by Crippen LogP contribution is 2.33. The number of amides is 2. The summed E-state index contributed by atoms with van der Waals surface area (Å²) in [5, 5.41) is 2.80. The number of carbonyl (C=O) groups is 2. The number of rotatable bonds is 15. The monoisotopic (exact) mass is 597 g/mol. The molecular weight excluding hydrogens is 558 g/mol. The van der Waals surface area contributed by atoms with E-state index in [1.807, 2.05) is 44.2 Å². The number of likely N-dealkylation sites (N-methyl/N-ethyl adjacent to an activating group) is 1. The Morgan fingerprint density at radius 3 is 2.12 bits per heavy atom. The quantitative estimate of drug-likeness (QED) is 0.279. The number of nitrogens with zero attached hydrogens (tertiary/aromatic N) is 2. The second-order valence-corrected chi connectivity index (χ2v) is 11.1. The van der Waals surface area contributed by atoms with E-state index in [-0.39, 0.29) is 28.8 Å². The molecule has 226 valence electrons. The van der Waals surface area contributed by atoms with Gasteiger partial charge < -0.3 is 24.4 Å². The van der Waals surface area contributed by atoms with Gasteiger partial charge in [0.2, 0.25) is 11.8 Å². The molecule has 0 spiro atoms. The number of hydrogen-bond acceptors (Lipinski definition) is 7. The number of ether oxygens (including phenoxy) is 3. The molecule has 0 aliphatic rings. The molecule has 0 aromatic heterocycles. The largest absolute Gasteiger partial charge is 0.494 e. The maximum absolute atomic E-state index is 14.2. The molecule has 0 aliphatic carbocycles. The summed E-state index contributed by atoms with van der Waals surface area (Å²) in [4.78, 5) is 28.5. The lowest BCUT2D eigenvalue weighted by atomic mass is 10.1. The van der Waals surface area contributed by atoms with Crippen LogP contribution in [-0.4, -0.2) is 65.1 Å². The molecule has 0 fully saturated rings. The van der Waals surface area contributed by atoms with Crippen LogP contribution in [0.4, 0.5) is 5.69 Å². The summed E-state index contributed by atoms with van der Waals surface area (Å²) in [6, 6.07) is 19.2. The average Bonchev–Trinajstić information content (AvgIpc) is 3.00. The number of nitrogens with one attached hydrogen (secondary N) is 1. The summed E-state index contributed by atoms with van der Waals surface area (Å²) < 4.78 is 45.5. The van der Waals surface area contributed by atoms with Crippen LogP contribution in [0, 0.1) is 0 Å². The summed E-state index contributed by atoms with van der Waals surface area (Å²) in [5.41, 5.74) is 1.07.